The third-order valence-corrected chi connectivity index (χ3v) is 0.665. The number of hydrogen-bond acceptors (Lipinski definition) is 4. The Balaban J connectivity index is 2.54. The minimum atomic E-state index is -0.750. The molecule has 0 saturated carbocycles. The lowest BCUT2D eigenvalue weighted by atomic mass is 10.5. The SMILES string of the molecule is NC1C=COC(=O)O1. The molecule has 0 aromatic carbocycles. The number of cyclic esters (lactones) is 2. The summed E-state index contributed by atoms with van der Waals surface area (Å²) in [6.45, 7) is 0. The van der Waals surface area contributed by atoms with Crippen LogP contribution in [0, 0.1) is 0 Å². The molecule has 0 aliphatic carbocycles. The molecule has 1 unspecified atom stereocenters. The highest BCUT2D eigenvalue weighted by molar-refractivity contribution is 5.61. The third kappa shape index (κ3) is 0.974. The van der Waals surface area contributed by atoms with Crippen molar-refractivity contribution in [1.82, 2.24) is 0 Å². The summed E-state index contributed by atoms with van der Waals surface area (Å²) in [5.41, 5.74) is 5.12. The summed E-state index contributed by atoms with van der Waals surface area (Å²) in [6, 6.07) is 0. The second-order valence-electron chi connectivity index (χ2n) is 1.28. The molecular formula is C4H5NO3. The van der Waals surface area contributed by atoms with Gasteiger partial charge >= 0.3 is 6.16 Å². The molecule has 2 N–H and O–H groups in total. The second-order valence-corrected chi connectivity index (χ2v) is 1.28. The van der Waals surface area contributed by atoms with Crippen LogP contribution in [-0.4, -0.2) is 12.4 Å². The number of nitrogens with two attached hydrogens (primary N) is 1. The predicted octanol–water partition coefficient (Wildman–Crippen LogP) is -0.0483. The summed E-state index contributed by atoms with van der Waals surface area (Å²) in [7, 11) is 0. The first-order valence-electron chi connectivity index (χ1n) is 2.08. The van der Waals surface area contributed by atoms with Crippen LogP contribution >= 0.6 is 0 Å². The van der Waals surface area contributed by atoms with Crippen LogP contribution in [0.4, 0.5) is 4.79 Å². The maximum Gasteiger partial charge on any atom is 0.515 e. The molecule has 1 aliphatic heterocycles. The number of hydrogen-bond donors (Lipinski definition) is 1. The molecule has 1 aliphatic rings. The van der Waals surface area contributed by atoms with Gasteiger partial charge in [0, 0.05) is 6.08 Å². The van der Waals surface area contributed by atoms with Crippen molar-refractivity contribution in [1.29, 1.82) is 0 Å². The topological polar surface area (TPSA) is 61.5 Å². The molecule has 4 nitrogen and oxygen atoms in total. The highest BCUT2D eigenvalue weighted by Gasteiger charge is 2.10. The monoisotopic (exact) mass is 115 g/mol. The molecule has 0 fully saturated rings. The quantitative estimate of drug-likeness (QED) is 0.449. The molecular weight excluding hydrogens is 110 g/mol. The van der Waals surface area contributed by atoms with Crippen LogP contribution in [0.15, 0.2) is 12.3 Å². The lowest BCUT2D eigenvalue weighted by Crippen LogP contribution is -2.27. The van der Waals surface area contributed by atoms with E-state index in [2.05, 4.69) is 9.47 Å². The molecule has 0 saturated heterocycles. The van der Waals surface area contributed by atoms with Crippen LogP contribution in [0.5, 0.6) is 0 Å². The molecule has 0 aromatic heterocycles. The van der Waals surface area contributed by atoms with Crippen molar-refractivity contribution >= 4 is 6.16 Å². The van der Waals surface area contributed by atoms with Gasteiger partial charge in [0.2, 0.25) is 0 Å². The van der Waals surface area contributed by atoms with E-state index in [1.807, 2.05) is 0 Å². The van der Waals surface area contributed by atoms with E-state index in [1.54, 1.807) is 0 Å². The standard InChI is InChI=1S/C4H5NO3/c5-3-1-2-7-4(6)8-3/h1-3H,5H2. The lowest BCUT2D eigenvalue weighted by Gasteiger charge is -2.10. The first-order chi connectivity index (χ1) is 3.79. The molecule has 44 valence electrons. The van der Waals surface area contributed by atoms with Gasteiger partial charge in [0.25, 0.3) is 0 Å². The molecule has 1 atom stereocenters. The first-order valence-corrected chi connectivity index (χ1v) is 2.08. The molecule has 0 radical (unpaired) electrons. The van der Waals surface area contributed by atoms with Crippen molar-refractivity contribution in [2.24, 2.45) is 5.73 Å². The Morgan fingerprint density at radius 1 is 1.75 bits per heavy atom. The van der Waals surface area contributed by atoms with Gasteiger partial charge in [-0.25, -0.2) is 4.79 Å². The van der Waals surface area contributed by atoms with E-state index in [-0.39, 0.29) is 0 Å². The van der Waals surface area contributed by atoms with Gasteiger partial charge in [0.05, 0.1) is 6.26 Å². The van der Waals surface area contributed by atoms with Crippen LogP contribution < -0.4 is 5.73 Å². The molecule has 8 heavy (non-hydrogen) atoms. The Morgan fingerprint density at radius 2 is 2.50 bits per heavy atom. The van der Waals surface area contributed by atoms with Gasteiger partial charge in [0.1, 0.15) is 0 Å². The van der Waals surface area contributed by atoms with E-state index in [1.165, 1.54) is 12.3 Å². The van der Waals surface area contributed by atoms with Gasteiger partial charge in [-0.2, -0.15) is 0 Å². The molecule has 0 bridgehead atoms. The fraction of sp³-hybridized carbons (Fsp3) is 0.250. The van der Waals surface area contributed by atoms with E-state index in [4.69, 9.17) is 5.73 Å². The number of carbonyl (C=O) groups is 1. The van der Waals surface area contributed by atoms with E-state index in [0.717, 1.165) is 0 Å². The van der Waals surface area contributed by atoms with E-state index >= 15 is 0 Å². The minimum Gasteiger partial charge on any atom is -0.411 e. The number of rotatable bonds is 0. The van der Waals surface area contributed by atoms with Crippen LogP contribution in [0.2, 0.25) is 0 Å². The first kappa shape index (κ1) is 5.11. The van der Waals surface area contributed by atoms with Crippen molar-refractivity contribution in [3.8, 4) is 0 Å². The smallest absolute Gasteiger partial charge is 0.411 e. The Labute approximate surface area is 45.9 Å². The zero-order chi connectivity index (χ0) is 5.98. The molecule has 0 aromatic rings. The van der Waals surface area contributed by atoms with Gasteiger partial charge in [-0.05, 0) is 0 Å². The highest BCUT2D eigenvalue weighted by Crippen LogP contribution is 1.97. The Bertz CT molecular complexity index is 131. The summed E-state index contributed by atoms with van der Waals surface area (Å²) in [6.07, 6.45) is 1.24. The average Bonchev–Trinajstić information content (AvgIpc) is 1.64. The maximum atomic E-state index is 10.1. The summed E-state index contributed by atoms with van der Waals surface area (Å²) >= 11 is 0. The van der Waals surface area contributed by atoms with Crippen molar-refractivity contribution in [2.45, 2.75) is 6.23 Å². The molecule has 1 rings (SSSR count). The van der Waals surface area contributed by atoms with Crippen molar-refractivity contribution in [2.75, 3.05) is 0 Å². The van der Waals surface area contributed by atoms with Crippen LogP contribution in [0.25, 0.3) is 0 Å². The number of ether oxygens (including phenoxy) is 2. The predicted molar refractivity (Wildman–Crippen MR) is 24.7 cm³/mol. The zero-order valence-electron chi connectivity index (χ0n) is 4.03. The minimum absolute atomic E-state index is 0.642. The average molecular weight is 115 g/mol. The molecule has 0 spiro atoms. The molecule has 4 heteroatoms. The van der Waals surface area contributed by atoms with Crippen LogP contribution in [0.1, 0.15) is 0 Å². The van der Waals surface area contributed by atoms with Gasteiger partial charge < -0.3 is 9.47 Å². The summed E-state index contributed by atoms with van der Waals surface area (Å²) in [4.78, 5) is 10.1. The van der Waals surface area contributed by atoms with Crippen LogP contribution in [-0.2, 0) is 9.47 Å². The lowest BCUT2D eigenvalue weighted by molar-refractivity contribution is 0.0516. The largest absolute Gasteiger partial charge is 0.515 e. The molecule has 0 amide bonds. The maximum absolute atomic E-state index is 10.1. The van der Waals surface area contributed by atoms with E-state index < -0.39 is 12.4 Å². The van der Waals surface area contributed by atoms with Crippen molar-refractivity contribution in [3.63, 3.8) is 0 Å². The highest BCUT2D eigenvalue weighted by atomic mass is 16.7. The van der Waals surface area contributed by atoms with E-state index in [9.17, 15) is 4.79 Å². The van der Waals surface area contributed by atoms with E-state index in [0.29, 0.717) is 0 Å². The second kappa shape index (κ2) is 1.83. The van der Waals surface area contributed by atoms with Gasteiger partial charge in [-0.15, -0.1) is 0 Å². The van der Waals surface area contributed by atoms with Gasteiger partial charge in [0.15, 0.2) is 6.23 Å². The van der Waals surface area contributed by atoms with Crippen molar-refractivity contribution in [3.05, 3.63) is 12.3 Å². The van der Waals surface area contributed by atoms with Gasteiger partial charge in [-0.1, -0.05) is 0 Å². The number of carbonyl (C=O) groups excluding carboxylic acids is 1. The Morgan fingerprint density at radius 3 is 2.88 bits per heavy atom. The van der Waals surface area contributed by atoms with Gasteiger partial charge in [-0.3, -0.25) is 5.73 Å². The Hall–Kier alpha value is -1.03. The zero-order valence-corrected chi connectivity index (χ0v) is 4.03. The summed E-state index contributed by atoms with van der Waals surface area (Å²) in [5.74, 6) is 0. The Kier molecular flexibility index (Phi) is 1.17. The van der Waals surface area contributed by atoms with Crippen molar-refractivity contribution < 1.29 is 14.3 Å². The third-order valence-electron chi connectivity index (χ3n) is 0.665. The molecule has 1 heterocycles. The fourth-order valence-corrected chi connectivity index (χ4v) is 0.350. The summed E-state index contributed by atoms with van der Waals surface area (Å²) < 4.78 is 8.54. The fourth-order valence-electron chi connectivity index (χ4n) is 0.350. The summed E-state index contributed by atoms with van der Waals surface area (Å²) in [5, 5.41) is 0. The van der Waals surface area contributed by atoms with Crippen LogP contribution in [0.3, 0.4) is 0 Å². The normalized spacial score (nSPS) is 26.6.